The number of fused-ring (bicyclic) bond motifs is 1. The molecule has 1 atom stereocenters. The van der Waals surface area contributed by atoms with E-state index in [0.29, 0.717) is 6.42 Å². The van der Waals surface area contributed by atoms with E-state index in [1.54, 1.807) is 0 Å². The number of aliphatic carboxylic acids is 1. The van der Waals surface area contributed by atoms with Crippen LogP contribution in [0.1, 0.15) is 13.3 Å². The summed E-state index contributed by atoms with van der Waals surface area (Å²) in [6, 6.07) is -0.762. The minimum Gasteiger partial charge on any atom is -0.477 e. The quantitative estimate of drug-likeness (QED) is 0.608. The van der Waals surface area contributed by atoms with Crippen LogP contribution in [0.2, 0.25) is 0 Å². The highest BCUT2D eigenvalue weighted by Crippen LogP contribution is 2.29. The van der Waals surface area contributed by atoms with E-state index < -0.39 is 23.9 Å². The Balaban J connectivity index is 2.30. The molecule has 0 radical (unpaired) electrons. The molecule has 1 saturated heterocycles. The van der Waals surface area contributed by atoms with Crippen molar-refractivity contribution in [2.75, 3.05) is 19.7 Å². The summed E-state index contributed by atoms with van der Waals surface area (Å²) in [6.45, 7) is 2.27. The zero-order valence-corrected chi connectivity index (χ0v) is 10.5. The van der Waals surface area contributed by atoms with Crippen LogP contribution in [0.3, 0.4) is 0 Å². The lowest BCUT2D eigenvalue weighted by molar-refractivity contribution is -0.143. The van der Waals surface area contributed by atoms with E-state index in [-0.39, 0.29) is 31.0 Å². The highest BCUT2D eigenvalue weighted by atomic mass is 16.5. The largest absolute Gasteiger partial charge is 0.477 e. The number of rotatable bonds is 4. The second-order valence-electron chi connectivity index (χ2n) is 4.37. The number of carbonyl (C=O) groups excluding carboxylic acids is 2. The summed E-state index contributed by atoms with van der Waals surface area (Å²) in [7, 11) is 0. The molecule has 0 saturated carbocycles. The average Bonchev–Trinajstić information content (AvgIpc) is 2.85. The Morgan fingerprint density at radius 1 is 1.53 bits per heavy atom. The van der Waals surface area contributed by atoms with Gasteiger partial charge in [-0.1, -0.05) is 6.92 Å². The van der Waals surface area contributed by atoms with Crippen LogP contribution in [0, 0.1) is 0 Å². The van der Waals surface area contributed by atoms with Gasteiger partial charge in [-0.3, -0.25) is 4.79 Å². The first-order valence-corrected chi connectivity index (χ1v) is 5.95. The van der Waals surface area contributed by atoms with Gasteiger partial charge in [0.1, 0.15) is 6.04 Å². The van der Waals surface area contributed by atoms with Crippen LogP contribution in [0.4, 0.5) is 0 Å². The number of hydrazine groups is 1. The number of carbonyl (C=O) groups is 3. The summed E-state index contributed by atoms with van der Waals surface area (Å²) < 4.78 is 4.93. The molecule has 2 aliphatic rings. The fraction of sp³-hybridized carbons (Fsp3) is 0.545. The number of carboxylic acids is 1. The second-order valence-corrected chi connectivity index (χ2v) is 4.37. The van der Waals surface area contributed by atoms with Crippen LogP contribution in [-0.2, 0) is 19.1 Å². The molecular formula is C11H15N3O5. The second kappa shape index (κ2) is 4.98. The van der Waals surface area contributed by atoms with Crippen LogP contribution >= 0.6 is 0 Å². The number of hydrogen-bond acceptors (Lipinski definition) is 6. The number of carboxylic acid groups (broad SMARTS) is 1. The Labute approximate surface area is 109 Å². The standard InChI is InChI=1S/C11H15N3O5/c1-2-3-19-11(18)6-4-13-5-7(12)9(15)14(13)8(6)10(16)17/h7H,2-5,12H2,1H3,(H,16,17)/t7-/m0/s1. The Hall–Kier alpha value is -1.93. The van der Waals surface area contributed by atoms with Crippen molar-refractivity contribution in [1.29, 1.82) is 0 Å². The predicted octanol–water partition coefficient (Wildman–Crippen LogP) is -1.32. The number of hydrogen-bond donors (Lipinski definition) is 2. The third-order valence-electron chi connectivity index (χ3n) is 2.94. The minimum atomic E-state index is -1.34. The average molecular weight is 269 g/mol. The zero-order chi connectivity index (χ0) is 14.2. The summed E-state index contributed by atoms with van der Waals surface area (Å²) in [5.41, 5.74) is 5.21. The maximum absolute atomic E-state index is 11.8. The number of amides is 1. The Kier molecular flexibility index (Phi) is 3.54. The molecular weight excluding hydrogens is 254 g/mol. The molecule has 0 aromatic heterocycles. The lowest BCUT2D eigenvalue weighted by atomic mass is 10.2. The van der Waals surface area contributed by atoms with Crippen molar-refractivity contribution < 1.29 is 24.2 Å². The fourth-order valence-electron chi connectivity index (χ4n) is 2.12. The number of esters is 1. The third-order valence-corrected chi connectivity index (χ3v) is 2.94. The minimum absolute atomic E-state index is 0.0128. The van der Waals surface area contributed by atoms with Gasteiger partial charge >= 0.3 is 11.9 Å². The molecule has 2 aliphatic heterocycles. The molecule has 3 N–H and O–H groups in total. The highest BCUT2D eigenvalue weighted by Gasteiger charge is 2.48. The summed E-state index contributed by atoms with van der Waals surface area (Å²) >= 11 is 0. The number of nitrogens with two attached hydrogens (primary N) is 1. The molecule has 19 heavy (non-hydrogen) atoms. The van der Waals surface area contributed by atoms with Gasteiger partial charge in [0.2, 0.25) is 0 Å². The summed E-state index contributed by atoms with van der Waals surface area (Å²) in [5, 5.41) is 11.6. The first-order chi connectivity index (χ1) is 8.97. The van der Waals surface area contributed by atoms with Gasteiger partial charge in [0.15, 0.2) is 5.70 Å². The highest BCUT2D eigenvalue weighted by molar-refractivity contribution is 6.04. The SMILES string of the molecule is CCCOC(=O)C1=C(C(=O)O)N2C(=O)[C@@H](N)CN2C1. The Bertz CT molecular complexity index is 473. The van der Waals surface area contributed by atoms with E-state index in [4.69, 9.17) is 10.5 Å². The van der Waals surface area contributed by atoms with E-state index in [9.17, 15) is 19.5 Å². The molecule has 8 heteroatoms. The topological polar surface area (TPSA) is 113 Å². The van der Waals surface area contributed by atoms with Gasteiger partial charge in [0.05, 0.1) is 18.7 Å². The van der Waals surface area contributed by atoms with E-state index >= 15 is 0 Å². The molecule has 0 spiro atoms. The molecule has 0 aliphatic carbocycles. The summed E-state index contributed by atoms with van der Waals surface area (Å²) in [5.74, 6) is -2.56. The van der Waals surface area contributed by atoms with Crippen molar-refractivity contribution >= 4 is 17.8 Å². The first kappa shape index (κ1) is 13.5. The molecule has 8 nitrogen and oxygen atoms in total. The normalized spacial score (nSPS) is 22.9. The molecule has 0 aromatic carbocycles. The van der Waals surface area contributed by atoms with E-state index in [0.717, 1.165) is 5.01 Å². The van der Waals surface area contributed by atoms with Crippen LogP contribution in [-0.4, -0.2) is 58.7 Å². The lowest BCUT2D eigenvalue weighted by Crippen LogP contribution is -2.37. The van der Waals surface area contributed by atoms with Crippen LogP contribution in [0.15, 0.2) is 11.3 Å². The number of ether oxygens (including phenoxy) is 1. The van der Waals surface area contributed by atoms with Gasteiger partial charge in [-0.25, -0.2) is 19.6 Å². The van der Waals surface area contributed by atoms with Crippen molar-refractivity contribution in [3.63, 3.8) is 0 Å². The maximum atomic E-state index is 11.8. The van der Waals surface area contributed by atoms with Crippen molar-refractivity contribution in [3.8, 4) is 0 Å². The van der Waals surface area contributed by atoms with E-state index in [1.807, 2.05) is 6.92 Å². The van der Waals surface area contributed by atoms with Crippen LogP contribution in [0.25, 0.3) is 0 Å². The van der Waals surface area contributed by atoms with Crippen LogP contribution < -0.4 is 5.73 Å². The van der Waals surface area contributed by atoms with Crippen LogP contribution in [0.5, 0.6) is 0 Å². The summed E-state index contributed by atoms with van der Waals surface area (Å²) in [4.78, 5) is 34.9. The summed E-state index contributed by atoms with van der Waals surface area (Å²) in [6.07, 6.45) is 0.638. The first-order valence-electron chi connectivity index (χ1n) is 5.95. The van der Waals surface area contributed by atoms with Gasteiger partial charge in [0, 0.05) is 6.54 Å². The molecule has 0 unspecified atom stereocenters. The van der Waals surface area contributed by atoms with Gasteiger partial charge in [0.25, 0.3) is 5.91 Å². The lowest BCUT2D eigenvalue weighted by Gasteiger charge is -2.18. The van der Waals surface area contributed by atoms with Crippen molar-refractivity contribution in [2.45, 2.75) is 19.4 Å². The Morgan fingerprint density at radius 2 is 2.21 bits per heavy atom. The van der Waals surface area contributed by atoms with Gasteiger partial charge in [-0.2, -0.15) is 0 Å². The smallest absolute Gasteiger partial charge is 0.354 e. The zero-order valence-electron chi connectivity index (χ0n) is 10.5. The molecule has 0 bridgehead atoms. The maximum Gasteiger partial charge on any atom is 0.354 e. The predicted molar refractivity (Wildman–Crippen MR) is 62.3 cm³/mol. The molecule has 1 amide bonds. The van der Waals surface area contributed by atoms with Gasteiger partial charge in [-0.05, 0) is 6.42 Å². The number of nitrogens with zero attached hydrogens (tertiary/aromatic N) is 2. The van der Waals surface area contributed by atoms with E-state index in [1.165, 1.54) is 5.01 Å². The van der Waals surface area contributed by atoms with Gasteiger partial charge < -0.3 is 15.6 Å². The third kappa shape index (κ3) is 2.20. The van der Waals surface area contributed by atoms with Gasteiger partial charge in [-0.15, -0.1) is 0 Å². The molecule has 0 aromatic rings. The van der Waals surface area contributed by atoms with E-state index in [2.05, 4.69) is 0 Å². The molecule has 104 valence electrons. The monoisotopic (exact) mass is 269 g/mol. The molecule has 2 heterocycles. The van der Waals surface area contributed by atoms with Crippen molar-refractivity contribution in [3.05, 3.63) is 11.3 Å². The Morgan fingerprint density at radius 3 is 2.79 bits per heavy atom. The molecule has 2 rings (SSSR count). The molecule has 1 fully saturated rings. The fourth-order valence-corrected chi connectivity index (χ4v) is 2.12. The van der Waals surface area contributed by atoms with Crippen molar-refractivity contribution in [1.82, 2.24) is 10.0 Å². The van der Waals surface area contributed by atoms with Crippen molar-refractivity contribution in [2.24, 2.45) is 5.73 Å².